The Morgan fingerprint density at radius 3 is 2.17 bits per heavy atom. The molecule has 2 N–H and O–H groups in total. The molecule has 0 unspecified atom stereocenters. The van der Waals surface area contributed by atoms with Crippen molar-refractivity contribution in [3.8, 4) is 0 Å². The van der Waals surface area contributed by atoms with Crippen LogP contribution in [0.1, 0.15) is 43.6 Å². The third kappa shape index (κ3) is 4.64. The maximum absolute atomic E-state index is 13.4. The fraction of sp³-hybridized carbons (Fsp3) is 0.462. The summed E-state index contributed by atoms with van der Waals surface area (Å²) in [7, 11) is 1.22. The number of nitrogen functional groups attached to an aromatic ring is 1. The predicted molar refractivity (Wildman–Crippen MR) is 77.3 cm³/mol. The highest BCUT2D eigenvalue weighted by atomic mass is 79.9. The van der Waals surface area contributed by atoms with Gasteiger partial charge >= 0.3 is 5.97 Å². The molecule has 0 amide bonds. The number of nitrogens with two attached hydrogens (primary N) is 1. The van der Waals surface area contributed by atoms with Gasteiger partial charge in [-0.25, -0.2) is 9.18 Å². The summed E-state index contributed by atoms with van der Waals surface area (Å²) < 4.78 is 18.1. The first-order valence-corrected chi connectivity index (χ1v) is 6.60. The molecule has 0 spiro atoms. The number of benzene rings is 1. The number of anilines is 1. The average Bonchev–Trinajstić information content (AvgIpc) is 2.44. The molecule has 0 radical (unpaired) electrons. The largest absolute Gasteiger partial charge is 0.465 e. The first-order valence-electron chi connectivity index (χ1n) is 5.81. The van der Waals surface area contributed by atoms with Crippen LogP contribution < -0.4 is 5.73 Å². The first-order chi connectivity index (χ1) is 8.49. The van der Waals surface area contributed by atoms with Crippen molar-refractivity contribution in [3.05, 3.63) is 27.5 Å². The Bertz CT molecular complexity index is 395. The van der Waals surface area contributed by atoms with Crippen molar-refractivity contribution in [3.63, 3.8) is 0 Å². The minimum atomic E-state index is -0.642. The number of esters is 1. The molecule has 0 bridgehead atoms. The lowest BCUT2D eigenvalue weighted by molar-refractivity contribution is 0.0601. The third-order valence-electron chi connectivity index (χ3n) is 1.83. The Kier molecular flexibility index (Phi) is 10.6. The molecule has 0 fully saturated rings. The molecular formula is C13H21BrFNO2. The summed E-state index contributed by atoms with van der Waals surface area (Å²) >= 11 is 3.03. The fourth-order valence-electron chi connectivity index (χ4n) is 1.05. The van der Waals surface area contributed by atoms with Crippen LogP contribution in [-0.4, -0.2) is 13.1 Å². The molecule has 1 rings (SSSR count). The maximum Gasteiger partial charge on any atom is 0.340 e. The molecule has 0 aliphatic heterocycles. The van der Waals surface area contributed by atoms with E-state index in [2.05, 4.69) is 20.7 Å². The van der Waals surface area contributed by atoms with Gasteiger partial charge in [-0.3, -0.25) is 0 Å². The number of hydrogen-bond donors (Lipinski definition) is 1. The van der Waals surface area contributed by atoms with E-state index in [1.807, 2.05) is 27.7 Å². The SMILES string of the molecule is CC.CC.COC(=O)c1cc(C)c(Br)c(F)c1N. The molecule has 104 valence electrons. The Balaban J connectivity index is 0. The Hall–Kier alpha value is -1.10. The van der Waals surface area contributed by atoms with Gasteiger partial charge in [0.1, 0.15) is 0 Å². The summed E-state index contributed by atoms with van der Waals surface area (Å²) in [5, 5.41) is 0. The lowest BCUT2D eigenvalue weighted by atomic mass is 10.1. The van der Waals surface area contributed by atoms with E-state index in [4.69, 9.17) is 5.73 Å². The molecule has 0 heterocycles. The number of ether oxygens (including phenoxy) is 1. The van der Waals surface area contributed by atoms with Crippen molar-refractivity contribution in [1.82, 2.24) is 0 Å². The Morgan fingerprint density at radius 1 is 1.33 bits per heavy atom. The lowest BCUT2D eigenvalue weighted by Gasteiger charge is -2.08. The number of rotatable bonds is 1. The quantitative estimate of drug-likeness (QED) is 0.619. The van der Waals surface area contributed by atoms with Crippen LogP contribution in [0.15, 0.2) is 10.5 Å². The lowest BCUT2D eigenvalue weighted by Crippen LogP contribution is -2.08. The highest BCUT2D eigenvalue weighted by Crippen LogP contribution is 2.28. The van der Waals surface area contributed by atoms with Crippen molar-refractivity contribution in [2.75, 3.05) is 12.8 Å². The molecule has 0 aromatic heterocycles. The highest BCUT2D eigenvalue weighted by Gasteiger charge is 2.17. The topological polar surface area (TPSA) is 52.3 Å². The molecule has 0 saturated carbocycles. The van der Waals surface area contributed by atoms with Gasteiger partial charge in [-0.15, -0.1) is 0 Å². The van der Waals surface area contributed by atoms with Gasteiger partial charge in [-0.05, 0) is 34.5 Å². The zero-order chi connectivity index (χ0) is 14.9. The standard InChI is InChI=1S/C9H9BrFNO2.2C2H6/c1-4-3-5(9(13)14-2)8(12)7(11)6(4)10;2*1-2/h3H,12H2,1-2H3;2*1-2H3. The molecule has 1 aromatic carbocycles. The zero-order valence-electron chi connectivity index (χ0n) is 11.7. The van der Waals surface area contributed by atoms with Gasteiger partial charge in [0.05, 0.1) is 22.8 Å². The summed E-state index contributed by atoms with van der Waals surface area (Å²) in [6, 6.07) is 1.48. The molecule has 3 nitrogen and oxygen atoms in total. The van der Waals surface area contributed by atoms with E-state index in [1.54, 1.807) is 6.92 Å². The summed E-state index contributed by atoms with van der Waals surface area (Å²) in [4.78, 5) is 11.2. The van der Waals surface area contributed by atoms with Crippen LogP contribution >= 0.6 is 15.9 Å². The monoisotopic (exact) mass is 321 g/mol. The van der Waals surface area contributed by atoms with Crippen LogP contribution in [0.4, 0.5) is 10.1 Å². The molecule has 0 saturated heterocycles. The number of halogens is 2. The van der Waals surface area contributed by atoms with E-state index >= 15 is 0 Å². The molecule has 5 heteroatoms. The van der Waals surface area contributed by atoms with Crippen molar-refractivity contribution in [2.45, 2.75) is 34.6 Å². The number of methoxy groups -OCH3 is 1. The van der Waals surface area contributed by atoms with Crippen LogP contribution in [-0.2, 0) is 4.74 Å². The summed E-state index contributed by atoms with van der Waals surface area (Å²) in [5.74, 6) is -1.28. The van der Waals surface area contributed by atoms with Gasteiger partial charge in [0, 0.05) is 0 Å². The minimum Gasteiger partial charge on any atom is -0.465 e. The van der Waals surface area contributed by atoms with E-state index < -0.39 is 11.8 Å². The number of carbonyl (C=O) groups is 1. The van der Waals surface area contributed by atoms with E-state index in [1.165, 1.54) is 13.2 Å². The van der Waals surface area contributed by atoms with Gasteiger partial charge in [-0.1, -0.05) is 27.7 Å². The molecule has 0 atom stereocenters. The smallest absolute Gasteiger partial charge is 0.340 e. The van der Waals surface area contributed by atoms with Crippen LogP contribution in [0.5, 0.6) is 0 Å². The molecular weight excluding hydrogens is 301 g/mol. The summed E-state index contributed by atoms with van der Waals surface area (Å²) in [6.45, 7) is 9.67. The van der Waals surface area contributed by atoms with Crippen molar-refractivity contribution in [1.29, 1.82) is 0 Å². The third-order valence-corrected chi connectivity index (χ3v) is 2.81. The minimum absolute atomic E-state index is 0.0469. The highest BCUT2D eigenvalue weighted by molar-refractivity contribution is 9.10. The molecule has 0 aliphatic carbocycles. The van der Waals surface area contributed by atoms with E-state index in [-0.39, 0.29) is 15.7 Å². The first kappa shape index (κ1) is 19.2. The summed E-state index contributed by atoms with van der Waals surface area (Å²) in [6.07, 6.45) is 0. The molecule has 0 aliphatic rings. The van der Waals surface area contributed by atoms with Crippen molar-refractivity contribution in [2.24, 2.45) is 0 Å². The van der Waals surface area contributed by atoms with E-state index in [0.29, 0.717) is 5.56 Å². The van der Waals surface area contributed by atoms with Gasteiger partial charge in [0.15, 0.2) is 5.82 Å². The van der Waals surface area contributed by atoms with Crippen molar-refractivity contribution < 1.29 is 13.9 Å². The normalized spacial score (nSPS) is 8.44. The van der Waals surface area contributed by atoms with Crippen molar-refractivity contribution >= 4 is 27.6 Å². The second-order valence-corrected chi connectivity index (χ2v) is 3.57. The summed E-state index contributed by atoms with van der Waals surface area (Å²) in [5.41, 5.74) is 5.86. The number of aryl methyl sites for hydroxylation is 1. The average molecular weight is 322 g/mol. The Labute approximate surface area is 117 Å². The Morgan fingerprint density at radius 2 is 1.78 bits per heavy atom. The van der Waals surface area contributed by atoms with Gasteiger partial charge in [0.25, 0.3) is 0 Å². The molecule has 1 aromatic rings. The maximum atomic E-state index is 13.4. The van der Waals surface area contributed by atoms with Crippen LogP contribution in [0, 0.1) is 12.7 Å². The van der Waals surface area contributed by atoms with E-state index in [9.17, 15) is 9.18 Å². The fourth-order valence-corrected chi connectivity index (χ4v) is 1.37. The van der Waals surface area contributed by atoms with E-state index in [0.717, 1.165) is 0 Å². The predicted octanol–water partition coefficient (Wildman–Crippen LogP) is 4.32. The van der Waals surface area contributed by atoms with Gasteiger partial charge in [-0.2, -0.15) is 0 Å². The number of carbonyl (C=O) groups excluding carboxylic acids is 1. The molecule has 18 heavy (non-hydrogen) atoms. The number of hydrogen-bond acceptors (Lipinski definition) is 3. The second-order valence-electron chi connectivity index (χ2n) is 2.77. The van der Waals surface area contributed by atoms with Gasteiger partial charge in [0.2, 0.25) is 0 Å². The zero-order valence-corrected chi connectivity index (χ0v) is 13.3. The van der Waals surface area contributed by atoms with Crippen LogP contribution in [0.25, 0.3) is 0 Å². The second kappa shape index (κ2) is 9.88. The van der Waals surface area contributed by atoms with Gasteiger partial charge < -0.3 is 10.5 Å². The van der Waals surface area contributed by atoms with Crippen LogP contribution in [0.2, 0.25) is 0 Å². The van der Waals surface area contributed by atoms with Crippen LogP contribution in [0.3, 0.4) is 0 Å².